The predicted molar refractivity (Wildman–Crippen MR) is 81.5 cm³/mol. The van der Waals surface area contributed by atoms with Gasteiger partial charge in [0.15, 0.2) is 11.5 Å². The first-order chi connectivity index (χ1) is 10.1. The predicted octanol–water partition coefficient (Wildman–Crippen LogP) is 3.48. The Labute approximate surface area is 127 Å². The van der Waals surface area contributed by atoms with E-state index in [4.69, 9.17) is 14.6 Å². The first-order valence-electron chi connectivity index (χ1n) is 6.33. The first-order valence-corrected chi connectivity index (χ1v) is 7.15. The summed E-state index contributed by atoms with van der Waals surface area (Å²) in [5.74, 6) is 0.244. The number of methoxy groups -OCH3 is 2. The number of rotatable bonds is 6. The minimum Gasteiger partial charge on any atom is -0.493 e. The summed E-state index contributed by atoms with van der Waals surface area (Å²) in [5, 5.41) is 9.07. The van der Waals surface area contributed by atoms with Gasteiger partial charge in [-0.1, -0.05) is 30.0 Å². The number of carboxylic acid groups (broad SMARTS) is 1. The lowest BCUT2D eigenvalue weighted by Gasteiger charge is -2.13. The third kappa shape index (κ3) is 3.92. The van der Waals surface area contributed by atoms with Crippen molar-refractivity contribution in [1.82, 2.24) is 0 Å². The van der Waals surface area contributed by atoms with E-state index in [1.807, 2.05) is 36.4 Å². The third-order valence-electron chi connectivity index (χ3n) is 2.88. The van der Waals surface area contributed by atoms with Crippen LogP contribution in [0.1, 0.15) is 5.56 Å². The van der Waals surface area contributed by atoms with E-state index in [1.54, 1.807) is 13.2 Å². The fourth-order valence-electron chi connectivity index (χ4n) is 1.91. The van der Waals surface area contributed by atoms with E-state index < -0.39 is 5.97 Å². The van der Waals surface area contributed by atoms with Gasteiger partial charge in [0, 0.05) is 9.79 Å². The standard InChI is InChI=1S/C16H16O4S/c1-19-13-8-11(9-16(17)18)15(10-14(13)20-2)21-12-6-4-3-5-7-12/h3-8,10H,9H2,1-2H3,(H,17,18). The van der Waals surface area contributed by atoms with Crippen LogP contribution in [-0.4, -0.2) is 25.3 Å². The molecule has 0 spiro atoms. The first kappa shape index (κ1) is 15.3. The Morgan fingerprint density at radius 1 is 1.10 bits per heavy atom. The molecule has 0 bridgehead atoms. The van der Waals surface area contributed by atoms with Crippen molar-refractivity contribution in [3.05, 3.63) is 48.0 Å². The molecule has 4 nitrogen and oxygen atoms in total. The van der Waals surface area contributed by atoms with Crippen LogP contribution in [0.5, 0.6) is 11.5 Å². The molecule has 1 N–H and O–H groups in total. The van der Waals surface area contributed by atoms with Gasteiger partial charge in [-0.15, -0.1) is 0 Å². The molecule has 0 aliphatic heterocycles. The summed E-state index contributed by atoms with van der Waals surface area (Å²) in [7, 11) is 3.10. The zero-order chi connectivity index (χ0) is 15.2. The van der Waals surface area contributed by atoms with Gasteiger partial charge in [-0.05, 0) is 29.8 Å². The van der Waals surface area contributed by atoms with Crippen molar-refractivity contribution < 1.29 is 19.4 Å². The van der Waals surface area contributed by atoms with Crippen molar-refractivity contribution in [3.8, 4) is 11.5 Å². The normalized spacial score (nSPS) is 10.2. The number of hydrogen-bond donors (Lipinski definition) is 1. The molecule has 110 valence electrons. The molecule has 0 radical (unpaired) electrons. The van der Waals surface area contributed by atoms with E-state index in [1.165, 1.54) is 18.9 Å². The molecule has 0 heterocycles. The molecule has 0 aliphatic carbocycles. The Morgan fingerprint density at radius 2 is 1.71 bits per heavy atom. The highest BCUT2D eigenvalue weighted by molar-refractivity contribution is 7.99. The summed E-state index contributed by atoms with van der Waals surface area (Å²) in [4.78, 5) is 12.9. The second-order valence-electron chi connectivity index (χ2n) is 4.30. The second kappa shape index (κ2) is 7.04. The van der Waals surface area contributed by atoms with Crippen LogP contribution in [0, 0.1) is 0 Å². The van der Waals surface area contributed by atoms with Crippen molar-refractivity contribution in [2.45, 2.75) is 16.2 Å². The highest BCUT2D eigenvalue weighted by Crippen LogP contribution is 2.38. The smallest absolute Gasteiger partial charge is 0.307 e. The van der Waals surface area contributed by atoms with Crippen molar-refractivity contribution in [2.75, 3.05) is 14.2 Å². The molecule has 0 atom stereocenters. The van der Waals surface area contributed by atoms with Gasteiger partial charge in [0.25, 0.3) is 0 Å². The van der Waals surface area contributed by atoms with Gasteiger partial charge < -0.3 is 14.6 Å². The number of carbonyl (C=O) groups is 1. The molecule has 0 aliphatic rings. The molecule has 2 aromatic rings. The van der Waals surface area contributed by atoms with Gasteiger partial charge in [0.05, 0.1) is 20.6 Å². The van der Waals surface area contributed by atoms with E-state index in [0.29, 0.717) is 17.1 Å². The van der Waals surface area contributed by atoms with E-state index in [0.717, 1.165) is 9.79 Å². The molecule has 0 fully saturated rings. The number of hydrogen-bond acceptors (Lipinski definition) is 4. The van der Waals surface area contributed by atoms with Crippen LogP contribution >= 0.6 is 11.8 Å². The summed E-state index contributed by atoms with van der Waals surface area (Å²) in [6, 6.07) is 13.3. The van der Waals surface area contributed by atoms with Gasteiger partial charge in [0.2, 0.25) is 0 Å². The monoisotopic (exact) mass is 304 g/mol. The maximum atomic E-state index is 11.0. The summed E-state index contributed by atoms with van der Waals surface area (Å²) >= 11 is 1.51. The molecule has 5 heteroatoms. The molecular formula is C16H16O4S. The Kier molecular flexibility index (Phi) is 5.11. The molecule has 0 saturated heterocycles. The summed E-state index contributed by atoms with van der Waals surface area (Å²) in [6.45, 7) is 0. The number of aliphatic carboxylic acids is 1. The third-order valence-corrected chi connectivity index (χ3v) is 3.99. The quantitative estimate of drug-likeness (QED) is 0.885. The Morgan fingerprint density at radius 3 is 2.29 bits per heavy atom. The summed E-state index contributed by atoms with van der Waals surface area (Å²) < 4.78 is 10.5. The number of ether oxygens (including phenoxy) is 2. The van der Waals surface area contributed by atoms with Crippen molar-refractivity contribution in [2.24, 2.45) is 0 Å². The Balaban J connectivity index is 2.43. The lowest BCUT2D eigenvalue weighted by molar-refractivity contribution is -0.136. The average Bonchev–Trinajstić information content (AvgIpc) is 2.49. The van der Waals surface area contributed by atoms with Crippen LogP contribution < -0.4 is 9.47 Å². The van der Waals surface area contributed by atoms with Crippen LogP contribution in [0.3, 0.4) is 0 Å². The lowest BCUT2D eigenvalue weighted by atomic mass is 10.1. The van der Waals surface area contributed by atoms with Crippen molar-refractivity contribution in [3.63, 3.8) is 0 Å². The van der Waals surface area contributed by atoms with Crippen molar-refractivity contribution >= 4 is 17.7 Å². The topological polar surface area (TPSA) is 55.8 Å². The van der Waals surface area contributed by atoms with Crippen LogP contribution in [0.4, 0.5) is 0 Å². The minimum absolute atomic E-state index is 0.0600. The number of benzene rings is 2. The molecule has 0 amide bonds. The highest BCUT2D eigenvalue weighted by Gasteiger charge is 2.14. The van der Waals surface area contributed by atoms with Gasteiger partial charge in [-0.25, -0.2) is 0 Å². The molecule has 21 heavy (non-hydrogen) atoms. The Bertz CT molecular complexity index is 626. The number of carboxylic acids is 1. The fourth-order valence-corrected chi connectivity index (χ4v) is 2.89. The fraction of sp³-hybridized carbons (Fsp3) is 0.188. The molecule has 0 saturated carbocycles. The van der Waals surface area contributed by atoms with E-state index in [9.17, 15) is 4.79 Å². The molecule has 2 aromatic carbocycles. The van der Waals surface area contributed by atoms with E-state index >= 15 is 0 Å². The zero-order valence-corrected chi connectivity index (χ0v) is 12.6. The SMILES string of the molecule is COc1cc(CC(=O)O)c(Sc2ccccc2)cc1OC. The maximum absolute atomic E-state index is 11.0. The van der Waals surface area contributed by atoms with E-state index in [-0.39, 0.29) is 6.42 Å². The van der Waals surface area contributed by atoms with Gasteiger partial charge in [-0.2, -0.15) is 0 Å². The van der Waals surface area contributed by atoms with E-state index in [2.05, 4.69) is 0 Å². The maximum Gasteiger partial charge on any atom is 0.307 e. The van der Waals surface area contributed by atoms with Crippen LogP contribution in [0.25, 0.3) is 0 Å². The molecule has 0 unspecified atom stereocenters. The average molecular weight is 304 g/mol. The highest BCUT2D eigenvalue weighted by atomic mass is 32.2. The molecule has 0 aromatic heterocycles. The largest absolute Gasteiger partial charge is 0.493 e. The summed E-state index contributed by atoms with van der Waals surface area (Å²) in [5.41, 5.74) is 0.703. The zero-order valence-electron chi connectivity index (χ0n) is 11.8. The van der Waals surface area contributed by atoms with Gasteiger partial charge >= 0.3 is 5.97 Å². The van der Waals surface area contributed by atoms with Gasteiger partial charge in [-0.3, -0.25) is 4.79 Å². The Hall–Kier alpha value is -2.14. The second-order valence-corrected chi connectivity index (χ2v) is 5.42. The van der Waals surface area contributed by atoms with Gasteiger partial charge in [0.1, 0.15) is 0 Å². The molecular weight excluding hydrogens is 288 g/mol. The van der Waals surface area contributed by atoms with Crippen molar-refractivity contribution in [1.29, 1.82) is 0 Å². The van der Waals surface area contributed by atoms with Crippen LogP contribution in [0.15, 0.2) is 52.3 Å². The van der Waals surface area contributed by atoms with Crippen LogP contribution in [0.2, 0.25) is 0 Å². The van der Waals surface area contributed by atoms with Crippen LogP contribution in [-0.2, 0) is 11.2 Å². The lowest BCUT2D eigenvalue weighted by Crippen LogP contribution is -2.03. The summed E-state index contributed by atoms with van der Waals surface area (Å²) in [6.07, 6.45) is -0.0600. The molecule has 2 rings (SSSR count). The minimum atomic E-state index is -0.878.